The molecule has 0 atom stereocenters. The molecule has 10 heavy (non-hydrogen) atoms. The number of allylic oxidation sites excluding steroid dienone is 3. The molecule has 0 aliphatic heterocycles. The summed E-state index contributed by atoms with van der Waals surface area (Å²) in [4.78, 5) is 0. The van der Waals surface area contributed by atoms with Gasteiger partial charge in [-0.05, 0) is 30.6 Å². The molecule has 1 N–H and O–H groups in total. The molecular formula is C9H12O. The van der Waals surface area contributed by atoms with Gasteiger partial charge in [-0.3, -0.25) is 0 Å². The molecule has 0 saturated heterocycles. The van der Waals surface area contributed by atoms with E-state index in [0.29, 0.717) is 0 Å². The Hall–Kier alpha value is -0.820. The second-order valence-corrected chi connectivity index (χ2v) is 2.75. The van der Waals surface area contributed by atoms with Gasteiger partial charge in [0, 0.05) is 0 Å². The Bertz CT molecular complexity index is 199. The minimum Gasteiger partial charge on any atom is -0.384 e. The normalized spacial score (nSPS) is 20.5. The topological polar surface area (TPSA) is 20.2 Å². The van der Waals surface area contributed by atoms with Crippen molar-refractivity contribution in [1.29, 1.82) is 0 Å². The van der Waals surface area contributed by atoms with Gasteiger partial charge < -0.3 is 5.11 Å². The zero-order valence-electron chi connectivity index (χ0n) is 6.39. The van der Waals surface area contributed by atoms with Crippen molar-refractivity contribution in [1.82, 2.24) is 0 Å². The van der Waals surface area contributed by atoms with E-state index in [1.807, 2.05) is 26.0 Å². The highest BCUT2D eigenvalue weighted by molar-refractivity contribution is 5.42. The fourth-order valence-corrected chi connectivity index (χ4v) is 1.14. The Morgan fingerprint density at radius 2 is 1.70 bits per heavy atom. The molecule has 0 spiro atoms. The van der Waals surface area contributed by atoms with Crippen LogP contribution in [0.5, 0.6) is 0 Å². The van der Waals surface area contributed by atoms with Crippen LogP contribution in [-0.4, -0.2) is 11.2 Å². The van der Waals surface area contributed by atoms with Crippen molar-refractivity contribution in [2.45, 2.75) is 20.0 Å². The lowest BCUT2D eigenvalue weighted by Crippen LogP contribution is -2.12. The SMILES string of the molecule is C=C1C=C(C)C(O)C(C)=C1. The van der Waals surface area contributed by atoms with E-state index in [4.69, 9.17) is 0 Å². The van der Waals surface area contributed by atoms with Crippen LogP contribution in [0.4, 0.5) is 0 Å². The van der Waals surface area contributed by atoms with E-state index >= 15 is 0 Å². The monoisotopic (exact) mass is 136 g/mol. The Balaban J connectivity index is 2.93. The second-order valence-electron chi connectivity index (χ2n) is 2.75. The summed E-state index contributed by atoms with van der Waals surface area (Å²) in [5.74, 6) is 0. The molecule has 1 heteroatoms. The number of hydrogen-bond donors (Lipinski definition) is 1. The molecule has 0 saturated carbocycles. The van der Waals surface area contributed by atoms with Crippen molar-refractivity contribution in [3.63, 3.8) is 0 Å². The molecule has 0 unspecified atom stereocenters. The molecule has 1 nitrogen and oxygen atoms in total. The van der Waals surface area contributed by atoms with Gasteiger partial charge in [-0.15, -0.1) is 0 Å². The Morgan fingerprint density at radius 1 is 1.30 bits per heavy atom. The van der Waals surface area contributed by atoms with Crippen LogP contribution in [0.3, 0.4) is 0 Å². The fraction of sp³-hybridized carbons (Fsp3) is 0.333. The van der Waals surface area contributed by atoms with Crippen molar-refractivity contribution in [2.24, 2.45) is 0 Å². The Labute approximate surface area is 61.4 Å². The molecule has 0 heterocycles. The molecule has 0 bridgehead atoms. The summed E-state index contributed by atoms with van der Waals surface area (Å²) in [6.07, 6.45) is 3.42. The Kier molecular flexibility index (Phi) is 1.77. The molecule has 0 aromatic rings. The van der Waals surface area contributed by atoms with Crippen molar-refractivity contribution in [3.8, 4) is 0 Å². The van der Waals surface area contributed by atoms with Crippen LogP contribution in [-0.2, 0) is 0 Å². The minimum absolute atomic E-state index is 0.384. The largest absolute Gasteiger partial charge is 0.384 e. The zero-order chi connectivity index (χ0) is 7.72. The van der Waals surface area contributed by atoms with E-state index in [9.17, 15) is 5.11 Å². The number of hydrogen-bond acceptors (Lipinski definition) is 1. The maximum Gasteiger partial charge on any atom is 0.0962 e. The smallest absolute Gasteiger partial charge is 0.0962 e. The van der Waals surface area contributed by atoms with Crippen LogP contribution in [0.1, 0.15) is 13.8 Å². The highest BCUT2D eigenvalue weighted by Crippen LogP contribution is 2.20. The highest BCUT2D eigenvalue weighted by atomic mass is 16.3. The van der Waals surface area contributed by atoms with Gasteiger partial charge in [0.25, 0.3) is 0 Å². The van der Waals surface area contributed by atoms with Crippen LogP contribution in [0.15, 0.2) is 35.5 Å². The lowest BCUT2D eigenvalue weighted by Gasteiger charge is -2.16. The molecule has 0 aromatic heterocycles. The van der Waals surface area contributed by atoms with E-state index in [1.54, 1.807) is 0 Å². The highest BCUT2D eigenvalue weighted by Gasteiger charge is 2.12. The summed E-state index contributed by atoms with van der Waals surface area (Å²) in [6.45, 7) is 7.60. The summed E-state index contributed by atoms with van der Waals surface area (Å²) in [5, 5.41) is 9.39. The van der Waals surface area contributed by atoms with Gasteiger partial charge in [0.05, 0.1) is 6.10 Å². The summed E-state index contributed by atoms with van der Waals surface area (Å²) >= 11 is 0. The molecule has 54 valence electrons. The van der Waals surface area contributed by atoms with Crippen LogP contribution in [0, 0.1) is 0 Å². The van der Waals surface area contributed by atoms with Gasteiger partial charge in [0.15, 0.2) is 0 Å². The predicted octanol–water partition coefficient (Wildman–Crippen LogP) is 1.81. The zero-order valence-corrected chi connectivity index (χ0v) is 6.39. The summed E-state index contributed by atoms with van der Waals surface area (Å²) < 4.78 is 0. The van der Waals surface area contributed by atoms with Crippen LogP contribution < -0.4 is 0 Å². The molecule has 0 amide bonds. The second kappa shape index (κ2) is 2.43. The number of aliphatic hydroxyl groups is 1. The van der Waals surface area contributed by atoms with Gasteiger partial charge in [0.2, 0.25) is 0 Å². The lowest BCUT2D eigenvalue weighted by molar-refractivity contribution is 0.245. The van der Waals surface area contributed by atoms with Gasteiger partial charge >= 0.3 is 0 Å². The molecular weight excluding hydrogens is 124 g/mol. The van der Waals surface area contributed by atoms with Crippen LogP contribution in [0.25, 0.3) is 0 Å². The third-order valence-electron chi connectivity index (χ3n) is 1.69. The van der Waals surface area contributed by atoms with E-state index in [1.165, 1.54) is 0 Å². The van der Waals surface area contributed by atoms with Crippen molar-refractivity contribution in [2.75, 3.05) is 0 Å². The first-order chi connectivity index (χ1) is 4.61. The predicted molar refractivity (Wildman–Crippen MR) is 42.7 cm³/mol. The van der Waals surface area contributed by atoms with Crippen LogP contribution in [0.2, 0.25) is 0 Å². The Morgan fingerprint density at radius 3 is 2.10 bits per heavy atom. The third-order valence-corrected chi connectivity index (χ3v) is 1.69. The summed E-state index contributed by atoms with van der Waals surface area (Å²) in [6, 6.07) is 0. The van der Waals surface area contributed by atoms with Gasteiger partial charge in [0.1, 0.15) is 0 Å². The molecule has 1 aliphatic carbocycles. The fourth-order valence-electron chi connectivity index (χ4n) is 1.14. The average Bonchev–Trinajstić information content (AvgIpc) is 1.82. The van der Waals surface area contributed by atoms with E-state index in [2.05, 4.69) is 6.58 Å². The first-order valence-electron chi connectivity index (χ1n) is 3.34. The lowest BCUT2D eigenvalue weighted by atomic mass is 9.95. The standard InChI is InChI=1S/C9H12O/c1-6-4-7(2)9(10)8(3)5-6/h4-5,9-10H,1H2,2-3H3. The van der Waals surface area contributed by atoms with Gasteiger partial charge in [-0.1, -0.05) is 18.7 Å². The molecule has 0 fully saturated rings. The van der Waals surface area contributed by atoms with E-state index < -0.39 is 0 Å². The van der Waals surface area contributed by atoms with E-state index in [-0.39, 0.29) is 6.10 Å². The first kappa shape index (κ1) is 7.29. The van der Waals surface area contributed by atoms with Crippen molar-refractivity contribution < 1.29 is 5.11 Å². The average molecular weight is 136 g/mol. The first-order valence-corrected chi connectivity index (χ1v) is 3.34. The molecule has 0 radical (unpaired) electrons. The molecule has 1 rings (SSSR count). The number of rotatable bonds is 0. The molecule has 0 aromatic carbocycles. The summed E-state index contributed by atoms with van der Waals surface area (Å²) in [5.41, 5.74) is 2.93. The van der Waals surface area contributed by atoms with Gasteiger partial charge in [-0.25, -0.2) is 0 Å². The van der Waals surface area contributed by atoms with Gasteiger partial charge in [-0.2, -0.15) is 0 Å². The quantitative estimate of drug-likeness (QED) is 0.538. The van der Waals surface area contributed by atoms with Crippen molar-refractivity contribution >= 4 is 0 Å². The summed E-state index contributed by atoms with van der Waals surface area (Å²) in [7, 11) is 0. The third kappa shape index (κ3) is 1.19. The minimum atomic E-state index is -0.384. The van der Waals surface area contributed by atoms with Crippen molar-refractivity contribution in [3.05, 3.63) is 35.5 Å². The molecule has 1 aliphatic rings. The van der Waals surface area contributed by atoms with E-state index in [0.717, 1.165) is 16.7 Å². The number of aliphatic hydroxyl groups excluding tert-OH is 1. The maximum absolute atomic E-state index is 9.39. The van der Waals surface area contributed by atoms with Crippen LogP contribution >= 0.6 is 0 Å². The maximum atomic E-state index is 9.39.